The second-order valence-electron chi connectivity index (χ2n) is 12.2. The van der Waals surface area contributed by atoms with Crippen molar-refractivity contribution in [2.24, 2.45) is 63.6 Å². The van der Waals surface area contributed by atoms with Crippen LogP contribution in [-0.2, 0) is 19.1 Å². The first kappa shape index (κ1) is 16.7. The number of carbonyl (C=O) groups is 2. The van der Waals surface area contributed by atoms with Crippen LogP contribution in [0, 0.1) is 63.6 Å². The van der Waals surface area contributed by atoms with E-state index >= 15 is 0 Å². The van der Waals surface area contributed by atoms with Crippen molar-refractivity contribution in [2.75, 3.05) is 14.2 Å². The molecule has 0 aromatic carbocycles. The molecule has 10 fully saturated rings. The predicted molar refractivity (Wildman–Crippen MR) is 101 cm³/mol. The zero-order valence-electron chi connectivity index (χ0n) is 17.1. The molecule has 0 radical (unpaired) electrons. The Kier molecular flexibility index (Phi) is 2.87. The molecule has 4 nitrogen and oxygen atoms in total. The highest BCUT2D eigenvalue weighted by atomic mass is 16.5. The molecule has 0 amide bonds. The number of ether oxygens (including phenoxy) is 2. The first-order valence-electron chi connectivity index (χ1n) is 11.6. The van der Waals surface area contributed by atoms with Gasteiger partial charge in [0.25, 0.3) is 0 Å². The molecule has 152 valence electrons. The Labute approximate surface area is 167 Å². The highest BCUT2D eigenvalue weighted by Gasteiger charge is 2.82. The maximum atomic E-state index is 12.3. The molecule has 10 aliphatic carbocycles. The summed E-state index contributed by atoms with van der Waals surface area (Å²) >= 11 is 0. The van der Waals surface area contributed by atoms with E-state index < -0.39 is 0 Å². The van der Waals surface area contributed by atoms with Gasteiger partial charge in [0.2, 0.25) is 0 Å². The molecular weight excluding hydrogens is 352 g/mol. The molecule has 0 saturated heterocycles. The molecule has 10 aliphatic rings. The van der Waals surface area contributed by atoms with Crippen molar-refractivity contribution >= 4 is 11.9 Å². The molecule has 10 rings (SSSR count). The average Bonchev–Trinajstić information content (AvgIpc) is 2.65. The highest BCUT2D eigenvalue weighted by molar-refractivity contribution is 5.71. The van der Waals surface area contributed by atoms with Gasteiger partial charge in [-0.3, -0.25) is 9.59 Å². The van der Waals surface area contributed by atoms with Crippen LogP contribution in [0.2, 0.25) is 0 Å². The predicted octanol–water partition coefficient (Wildman–Crippen LogP) is 3.83. The minimum atomic E-state index is -0.00297. The molecule has 4 atom stereocenters. The lowest BCUT2D eigenvalue weighted by Crippen LogP contribution is -2.80. The smallest absolute Gasteiger partial charge is 0.306 e. The normalized spacial score (nSPS) is 60.5. The fraction of sp³-hybridized carbons (Fsp3) is 0.917. The van der Waals surface area contributed by atoms with Gasteiger partial charge in [0.1, 0.15) is 0 Å². The maximum absolute atomic E-state index is 12.3. The van der Waals surface area contributed by atoms with Crippen molar-refractivity contribution in [3.63, 3.8) is 0 Å². The summed E-state index contributed by atoms with van der Waals surface area (Å²) in [7, 11) is 3.09. The van der Waals surface area contributed by atoms with Gasteiger partial charge in [-0.15, -0.1) is 0 Å². The SMILES string of the molecule is COC(=O)CC12CC3C4CC5C6CC7(CC(=O)OC)CC5C(C4C1)C(C2)(C7)C36. The number of methoxy groups -OCH3 is 2. The number of hydrogen-bond acceptors (Lipinski definition) is 4. The third-order valence-corrected chi connectivity index (χ3v) is 11.5. The van der Waals surface area contributed by atoms with E-state index in [1.807, 2.05) is 0 Å². The van der Waals surface area contributed by atoms with Crippen LogP contribution in [0.15, 0.2) is 0 Å². The lowest BCUT2D eigenvalue weighted by molar-refractivity contribution is -0.377. The van der Waals surface area contributed by atoms with Crippen molar-refractivity contribution in [3.8, 4) is 0 Å². The zero-order valence-corrected chi connectivity index (χ0v) is 17.1. The van der Waals surface area contributed by atoms with E-state index in [1.165, 1.54) is 44.9 Å². The van der Waals surface area contributed by atoms with Crippen LogP contribution in [0.5, 0.6) is 0 Å². The molecule has 11 bridgehead atoms. The third-order valence-electron chi connectivity index (χ3n) is 11.5. The van der Waals surface area contributed by atoms with Gasteiger partial charge in [-0.05, 0) is 109 Å². The molecule has 0 aromatic rings. The summed E-state index contributed by atoms with van der Waals surface area (Å²) < 4.78 is 10.3. The molecule has 0 N–H and O–H groups in total. The number of esters is 2. The number of carbonyl (C=O) groups excluding carboxylic acids is 2. The summed E-state index contributed by atoms with van der Waals surface area (Å²) in [5, 5.41) is 0. The van der Waals surface area contributed by atoms with E-state index in [2.05, 4.69) is 0 Å². The van der Waals surface area contributed by atoms with Gasteiger partial charge in [0.15, 0.2) is 0 Å². The summed E-state index contributed by atoms with van der Waals surface area (Å²) in [6.45, 7) is 0. The van der Waals surface area contributed by atoms with Crippen molar-refractivity contribution < 1.29 is 19.1 Å². The van der Waals surface area contributed by atoms with Crippen molar-refractivity contribution in [1.29, 1.82) is 0 Å². The van der Waals surface area contributed by atoms with Crippen LogP contribution in [0.25, 0.3) is 0 Å². The first-order valence-corrected chi connectivity index (χ1v) is 11.6. The van der Waals surface area contributed by atoms with E-state index in [-0.39, 0.29) is 22.8 Å². The second kappa shape index (κ2) is 4.81. The largest absolute Gasteiger partial charge is 0.469 e. The summed E-state index contributed by atoms with van der Waals surface area (Å²) in [6, 6.07) is 0. The molecule has 0 aliphatic heterocycles. The lowest BCUT2D eigenvalue weighted by Gasteiger charge is -2.86. The molecule has 0 heterocycles. The molecule has 1 spiro atoms. The Morgan fingerprint density at radius 1 is 0.714 bits per heavy atom. The first-order chi connectivity index (χ1) is 13.4. The van der Waals surface area contributed by atoms with Crippen LogP contribution in [0.3, 0.4) is 0 Å². The molecule has 4 heteroatoms. The standard InChI is InChI=1S/C24H32O4/c1-27-18(25)8-22-4-14-12-3-13-16-6-23(9-19(26)28-2)7-17(13)21(15(12)5-22)24(10-22,11-23)20(14)16/h12-17,20-21H,3-11H2,1-2H3. The van der Waals surface area contributed by atoms with Crippen molar-refractivity contribution in [1.82, 2.24) is 0 Å². The van der Waals surface area contributed by atoms with E-state index in [0.29, 0.717) is 18.3 Å². The monoisotopic (exact) mass is 384 g/mol. The summed E-state index contributed by atoms with van der Waals surface area (Å²) in [5.41, 5.74) is 0.806. The van der Waals surface area contributed by atoms with Crippen molar-refractivity contribution in [3.05, 3.63) is 0 Å². The van der Waals surface area contributed by atoms with Gasteiger partial charge in [0, 0.05) is 0 Å². The summed E-state index contributed by atoms with van der Waals surface area (Å²) in [5.74, 6) is 7.07. The molecule has 4 unspecified atom stereocenters. The fourth-order valence-corrected chi connectivity index (χ4v) is 11.9. The van der Waals surface area contributed by atoms with Crippen LogP contribution in [0.4, 0.5) is 0 Å². The average molecular weight is 385 g/mol. The van der Waals surface area contributed by atoms with E-state index in [4.69, 9.17) is 9.47 Å². The van der Waals surface area contributed by atoms with Crippen LogP contribution in [0.1, 0.15) is 57.8 Å². The Bertz CT molecular complexity index is 693. The fourth-order valence-electron chi connectivity index (χ4n) is 11.9. The molecular formula is C24H32O4. The zero-order chi connectivity index (χ0) is 19.1. The summed E-state index contributed by atoms with van der Waals surface area (Å²) in [4.78, 5) is 24.7. The Hall–Kier alpha value is -1.06. The minimum Gasteiger partial charge on any atom is -0.469 e. The second-order valence-corrected chi connectivity index (χ2v) is 12.2. The van der Waals surface area contributed by atoms with Crippen LogP contribution < -0.4 is 0 Å². The van der Waals surface area contributed by atoms with Crippen molar-refractivity contribution in [2.45, 2.75) is 57.8 Å². The molecule has 0 aromatic heterocycles. The van der Waals surface area contributed by atoms with E-state index in [9.17, 15) is 9.59 Å². The van der Waals surface area contributed by atoms with Gasteiger partial charge < -0.3 is 9.47 Å². The maximum Gasteiger partial charge on any atom is 0.306 e. The van der Waals surface area contributed by atoms with Gasteiger partial charge >= 0.3 is 11.9 Å². The highest BCUT2D eigenvalue weighted by Crippen LogP contribution is 2.88. The minimum absolute atomic E-state index is 0.00297. The molecule has 28 heavy (non-hydrogen) atoms. The van der Waals surface area contributed by atoms with Gasteiger partial charge in [-0.1, -0.05) is 0 Å². The quantitative estimate of drug-likeness (QED) is 0.692. The van der Waals surface area contributed by atoms with Gasteiger partial charge in [-0.2, -0.15) is 0 Å². The summed E-state index contributed by atoms with van der Waals surface area (Å²) in [6.07, 6.45) is 10.3. The topological polar surface area (TPSA) is 52.6 Å². The number of hydrogen-bond donors (Lipinski definition) is 0. The van der Waals surface area contributed by atoms with E-state index in [1.54, 1.807) is 14.2 Å². The van der Waals surface area contributed by atoms with E-state index in [0.717, 1.165) is 47.3 Å². The van der Waals surface area contributed by atoms with Crippen LogP contribution in [-0.4, -0.2) is 26.2 Å². The Balaban J connectivity index is 1.34. The number of rotatable bonds is 4. The Morgan fingerprint density at radius 2 is 1.11 bits per heavy atom. The lowest BCUT2D eigenvalue weighted by atomic mass is 9.18. The van der Waals surface area contributed by atoms with Gasteiger partial charge in [0.05, 0.1) is 27.1 Å². The van der Waals surface area contributed by atoms with Crippen LogP contribution >= 0.6 is 0 Å². The Morgan fingerprint density at radius 3 is 1.46 bits per heavy atom. The van der Waals surface area contributed by atoms with Gasteiger partial charge in [-0.25, -0.2) is 0 Å². The third kappa shape index (κ3) is 1.65. The molecule has 10 saturated carbocycles.